The lowest BCUT2D eigenvalue weighted by molar-refractivity contribution is 0.102. The Bertz CT molecular complexity index is 593. The van der Waals surface area contributed by atoms with Crippen LogP contribution in [0.4, 0.5) is 11.5 Å². The minimum atomic E-state index is -0.151. The second kappa shape index (κ2) is 5.52. The van der Waals surface area contributed by atoms with Gasteiger partial charge in [-0.25, -0.2) is 4.98 Å². The molecule has 0 aliphatic heterocycles. The Balaban J connectivity index is 2.18. The van der Waals surface area contributed by atoms with Gasteiger partial charge in [0, 0.05) is 31.5 Å². The van der Waals surface area contributed by atoms with E-state index in [0.29, 0.717) is 11.4 Å². The molecule has 1 aromatic heterocycles. The number of nitrogens with zero attached hydrogens (tertiary/aromatic N) is 2. The van der Waals surface area contributed by atoms with Crippen LogP contribution in [0.2, 0.25) is 0 Å². The second-order valence-electron chi connectivity index (χ2n) is 4.62. The monoisotopic (exact) mass is 255 g/mol. The molecule has 2 aromatic rings. The van der Waals surface area contributed by atoms with Gasteiger partial charge in [-0.1, -0.05) is 6.07 Å². The van der Waals surface area contributed by atoms with E-state index in [2.05, 4.69) is 10.3 Å². The normalized spacial score (nSPS) is 10.1. The van der Waals surface area contributed by atoms with E-state index in [1.54, 1.807) is 12.3 Å². The summed E-state index contributed by atoms with van der Waals surface area (Å²) in [5, 5.41) is 2.80. The minimum absolute atomic E-state index is 0.151. The molecule has 0 aliphatic carbocycles. The SMILES string of the molecule is Cc1ccnc(NC(=O)c2cccc(N(C)C)c2)c1. The van der Waals surface area contributed by atoms with Crippen molar-refractivity contribution < 1.29 is 4.79 Å². The summed E-state index contributed by atoms with van der Waals surface area (Å²) < 4.78 is 0. The van der Waals surface area contributed by atoms with Crippen LogP contribution in [0.1, 0.15) is 15.9 Å². The zero-order valence-corrected chi connectivity index (χ0v) is 11.3. The van der Waals surface area contributed by atoms with Gasteiger partial charge in [-0.05, 0) is 42.8 Å². The van der Waals surface area contributed by atoms with E-state index in [1.165, 1.54) is 0 Å². The summed E-state index contributed by atoms with van der Waals surface area (Å²) >= 11 is 0. The third kappa shape index (κ3) is 3.31. The molecule has 0 unspecified atom stereocenters. The molecular formula is C15H17N3O. The number of pyridine rings is 1. The molecule has 0 saturated heterocycles. The number of hydrogen-bond donors (Lipinski definition) is 1. The number of anilines is 2. The maximum Gasteiger partial charge on any atom is 0.256 e. The van der Waals surface area contributed by atoms with Crippen LogP contribution in [0, 0.1) is 6.92 Å². The van der Waals surface area contributed by atoms with Crippen molar-refractivity contribution in [3.8, 4) is 0 Å². The van der Waals surface area contributed by atoms with Crippen LogP contribution in [0.3, 0.4) is 0 Å². The average molecular weight is 255 g/mol. The minimum Gasteiger partial charge on any atom is -0.378 e. The third-order valence-electron chi connectivity index (χ3n) is 2.78. The number of rotatable bonds is 3. The molecule has 1 heterocycles. The lowest BCUT2D eigenvalue weighted by Crippen LogP contribution is -2.14. The van der Waals surface area contributed by atoms with E-state index in [1.807, 2.05) is 56.3 Å². The number of aromatic nitrogens is 1. The molecule has 0 radical (unpaired) electrons. The largest absolute Gasteiger partial charge is 0.378 e. The topological polar surface area (TPSA) is 45.2 Å². The molecule has 4 heteroatoms. The summed E-state index contributed by atoms with van der Waals surface area (Å²) in [6, 6.07) is 11.2. The predicted octanol–water partition coefficient (Wildman–Crippen LogP) is 2.71. The number of nitrogens with one attached hydrogen (secondary N) is 1. The Labute approximate surface area is 113 Å². The molecule has 0 atom stereocenters. The van der Waals surface area contributed by atoms with E-state index < -0.39 is 0 Å². The summed E-state index contributed by atoms with van der Waals surface area (Å²) in [5.74, 6) is 0.419. The number of carbonyl (C=O) groups excluding carboxylic acids is 1. The van der Waals surface area contributed by atoms with E-state index in [0.717, 1.165) is 11.3 Å². The van der Waals surface area contributed by atoms with Crippen LogP contribution in [0.5, 0.6) is 0 Å². The summed E-state index contributed by atoms with van der Waals surface area (Å²) in [7, 11) is 3.89. The molecule has 0 saturated carbocycles. The predicted molar refractivity (Wildman–Crippen MR) is 77.7 cm³/mol. The first-order chi connectivity index (χ1) is 9.06. The molecule has 0 fully saturated rings. The highest BCUT2D eigenvalue weighted by Crippen LogP contribution is 2.15. The van der Waals surface area contributed by atoms with E-state index in [-0.39, 0.29) is 5.91 Å². The van der Waals surface area contributed by atoms with Gasteiger partial charge in [0.1, 0.15) is 5.82 Å². The standard InChI is InChI=1S/C15H17N3O/c1-11-7-8-16-14(9-11)17-15(19)12-5-4-6-13(10-12)18(2)3/h4-10H,1-3H3,(H,16,17,19). The van der Waals surface area contributed by atoms with Gasteiger partial charge in [0.25, 0.3) is 5.91 Å². The second-order valence-corrected chi connectivity index (χ2v) is 4.62. The van der Waals surface area contributed by atoms with Crippen molar-refractivity contribution >= 4 is 17.4 Å². The quantitative estimate of drug-likeness (QED) is 0.917. The van der Waals surface area contributed by atoms with Crippen LogP contribution < -0.4 is 10.2 Å². The van der Waals surface area contributed by atoms with E-state index >= 15 is 0 Å². The van der Waals surface area contributed by atoms with Crippen LogP contribution in [0.15, 0.2) is 42.6 Å². The molecular weight excluding hydrogens is 238 g/mol. The third-order valence-corrected chi connectivity index (χ3v) is 2.78. The highest BCUT2D eigenvalue weighted by molar-refractivity contribution is 6.04. The van der Waals surface area contributed by atoms with Crippen LogP contribution in [-0.4, -0.2) is 25.0 Å². The first-order valence-corrected chi connectivity index (χ1v) is 6.07. The fourth-order valence-corrected chi connectivity index (χ4v) is 1.72. The highest BCUT2D eigenvalue weighted by atomic mass is 16.1. The van der Waals surface area contributed by atoms with Crippen molar-refractivity contribution in [2.45, 2.75) is 6.92 Å². The van der Waals surface area contributed by atoms with Gasteiger partial charge in [-0.2, -0.15) is 0 Å². The lowest BCUT2D eigenvalue weighted by atomic mass is 10.2. The van der Waals surface area contributed by atoms with Crippen molar-refractivity contribution in [1.29, 1.82) is 0 Å². The van der Waals surface area contributed by atoms with Gasteiger partial charge in [0.2, 0.25) is 0 Å². The number of aryl methyl sites for hydroxylation is 1. The Kier molecular flexibility index (Phi) is 3.80. The van der Waals surface area contributed by atoms with Crippen LogP contribution in [0.25, 0.3) is 0 Å². The molecule has 4 nitrogen and oxygen atoms in total. The van der Waals surface area contributed by atoms with E-state index in [9.17, 15) is 4.79 Å². The average Bonchev–Trinajstić information content (AvgIpc) is 2.39. The van der Waals surface area contributed by atoms with Crippen molar-refractivity contribution in [1.82, 2.24) is 4.98 Å². The van der Waals surface area contributed by atoms with Gasteiger partial charge < -0.3 is 10.2 Å². The number of carbonyl (C=O) groups is 1. The molecule has 0 aliphatic rings. The van der Waals surface area contributed by atoms with E-state index in [4.69, 9.17) is 0 Å². The molecule has 1 aromatic carbocycles. The Hall–Kier alpha value is -2.36. The summed E-state index contributed by atoms with van der Waals surface area (Å²) in [6.45, 7) is 1.96. The maximum atomic E-state index is 12.1. The zero-order valence-electron chi connectivity index (χ0n) is 11.3. The number of hydrogen-bond acceptors (Lipinski definition) is 3. The van der Waals surface area contributed by atoms with Gasteiger partial charge in [0.15, 0.2) is 0 Å². The fourth-order valence-electron chi connectivity index (χ4n) is 1.72. The molecule has 1 amide bonds. The summed E-state index contributed by atoms with van der Waals surface area (Å²) in [6.07, 6.45) is 1.68. The van der Waals surface area contributed by atoms with Gasteiger partial charge in [0.05, 0.1) is 0 Å². The number of benzene rings is 1. The Morgan fingerprint density at radius 3 is 2.68 bits per heavy atom. The van der Waals surface area contributed by atoms with Crippen molar-refractivity contribution in [3.63, 3.8) is 0 Å². The van der Waals surface area contributed by atoms with Crippen LogP contribution in [-0.2, 0) is 0 Å². The first kappa shape index (κ1) is 13.1. The summed E-state index contributed by atoms with van der Waals surface area (Å²) in [4.78, 5) is 18.2. The van der Waals surface area contributed by atoms with Gasteiger partial charge in [-0.3, -0.25) is 4.79 Å². The molecule has 2 rings (SSSR count). The van der Waals surface area contributed by atoms with Crippen molar-refractivity contribution in [2.75, 3.05) is 24.3 Å². The first-order valence-electron chi connectivity index (χ1n) is 6.07. The smallest absolute Gasteiger partial charge is 0.256 e. The molecule has 98 valence electrons. The van der Waals surface area contributed by atoms with Crippen LogP contribution >= 0.6 is 0 Å². The molecule has 1 N–H and O–H groups in total. The summed E-state index contributed by atoms with van der Waals surface area (Å²) in [5.41, 5.74) is 2.67. The maximum absolute atomic E-state index is 12.1. The zero-order chi connectivity index (χ0) is 13.8. The van der Waals surface area contributed by atoms with Crippen molar-refractivity contribution in [2.24, 2.45) is 0 Å². The Morgan fingerprint density at radius 2 is 2.00 bits per heavy atom. The lowest BCUT2D eigenvalue weighted by Gasteiger charge is -2.13. The molecule has 0 spiro atoms. The van der Waals surface area contributed by atoms with Crippen molar-refractivity contribution in [3.05, 3.63) is 53.7 Å². The molecule has 19 heavy (non-hydrogen) atoms. The highest BCUT2D eigenvalue weighted by Gasteiger charge is 2.08. The van der Waals surface area contributed by atoms with Gasteiger partial charge >= 0.3 is 0 Å². The Morgan fingerprint density at radius 1 is 1.21 bits per heavy atom. The number of amides is 1. The molecule has 0 bridgehead atoms. The van der Waals surface area contributed by atoms with Gasteiger partial charge in [-0.15, -0.1) is 0 Å². The fraction of sp³-hybridized carbons (Fsp3) is 0.200.